The van der Waals surface area contributed by atoms with Gasteiger partial charge in [-0.25, -0.2) is 0 Å². The molecule has 0 heterocycles. The molecule has 0 fully saturated rings. The first-order valence-electron chi connectivity index (χ1n) is 19.8. The minimum atomic E-state index is -0.211. The standard InChI is InChI=1S/C39H76N2O6/c1-4-6-8-10-12-14-16-18-20-22-24-28-38(44)46-35-32-41(37(43)27-26-30-40(3)31-34-42)33-36-47-39(45)29-25-23-21-19-17-15-13-11-9-7-5-2/h42H,4-36H2,1-3H3. The summed E-state index contributed by atoms with van der Waals surface area (Å²) in [6.45, 7) is 6.77. The van der Waals surface area contributed by atoms with Gasteiger partial charge in [0.15, 0.2) is 0 Å². The number of unbranched alkanes of at least 4 members (excludes halogenated alkanes) is 20. The number of hydrogen-bond donors (Lipinski definition) is 1. The fourth-order valence-electron chi connectivity index (χ4n) is 5.85. The van der Waals surface area contributed by atoms with Crippen LogP contribution in [0, 0.1) is 0 Å². The van der Waals surface area contributed by atoms with Crippen LogP contribution in [0.5, 0.6) is 0 Å². The molecule has 278 valence electrons. The fraction of sp³-hybridized carbons (Fsp3) is 0.923. The molecule has 1 amide bonds. The largest absolute Gasteiger partial charge is 0.464 e. The third-order valence-corrected chi connectivity index (χ3v) is 8.98. The number of carbonyl (C=O) groups excluding carboxylic acids is 3. The molecular formula is C39H76N2O6. The lowest BCUT2D eigenvalue weighted by Gasteiger charge is -2.23. The molecule has 0 radical (unpaired) electrons. The van der Waals surface area contributed by atoms with Crippen molar-refractivity contribution in [1.29, 1.82) is 0 Å². The van der Waals surface area contributed by atoms with Gasteiger partial charge in [-0.05, 0) is 32.9 Å². The molecule has 0 aromatic carbocycles. The molecule has 0 spiro atoms. The molecule has 0 aliphatic carbocycles. The van der Waals surface area contributed by atoms with Crippen LogP contribution in [-0.4, -0.2) is 85.8 Å². The number of nitrogens with zero attached hydrogens (tertiary/aromatic N) is 2. The van der Waals surface area contributed by atoms with Gasteiger partial charge in [-0.1, -0.05) is 142 Å². The number of esters is 2. The number of aliphatic hydroxyl groups is 1. The van der Waals surface area contributed by atoms with Crippen LogP contribution in [0.25, 0.3) is 0 Å². The second kappa shape index (κ2) is 35.6. The van der Waals surface area contributed by atoms with E-state index in [1.807, 2.05) is 11.9 Å². The molecule has 0 saturated carbocycles. The Bertz CT molecular complexity index is 676. The molecule has 0 aliphatic rings. The molecule has 0 rings (SSSR count). The van der Waals surface area contributed by atoms with Crippen molar-refractivity contribution < 1.29 is 29.0 Å². The van der Waals surface area contributed by atoms with Crippen LogP contribution in [0.15, 0.2) is 0 Å². The highest BCUT2D eigenvalue weighted by Gasteiger charge is 2.16. The maximum absolute atomic E-state index is 13.0. The molecule has 0 saturated heterocycles. The van der Waals surface area contributed by atoms with Crippen molar-refractivity contribution in [2.75, 3.05) is 53.0 Å². The van der Waals surface area contributed by atoms with E-state index < -0.39 is 0 Å². The van der Waals surface area contributed by atoms with Gasteiger partial charge in [0.05, 0.1) is 19.7 Å². The molecule has 0 unspecified atom stereocenters. The van der Waals surface area contributed by atoms with E-state index in [0.29, 0.717) is 51.9 Å². The molecule has 0 atom stereocenters. The van der Waals surface area contributed by atoms with E-state index in [9.17, 15) is 14.4 Å². The topological polar surface area (TPSA) is 96.4 Å². The van der Waals surface area contributed by atoms with Gasteiger partial charge in [-0.3, -0.25) is 14.4 Å². The first kappa shape index (κ1) is 45.3. The van der Waals surface area contributed by atoms with Crippen LogP contribution in [0.3, 0.4) is 0 Å². The maximum atomic E-state index is 13.0. The third kappa shape index (κ3) is 32.6. The maximum Gasteiger partial charge on any atom is 0.305 e. The monoisotopic (exact) mass is 669 g/mol. The number of ether oxygens (including phenoxy) is 2. The summed E-state index contributed by atoms with van der Waals surface area (Å²) in [6, 6.07) is 0. The Morgan fingerprint density at radius 1 is 0.468 bits per heavy atom. The quantitative estimate of drug-likeness (QED) is 0.0526. The van der Waals surface area contributed by atoms with Crippen molar-refractivity contribution in [3.8, 4) is 0 Å². The van der Waals surface area contributed by atoms with Gasteiger partial charge in [0.1, 0.15) is 13.2 Å². The molecule has 47 heavy (non-hydrogen) atoms. The second-order valence-electron chi connectivity index (χ2n) is 13.5. The number of rotatable bonds is 36. The molecule has 1 N–H and O–H groups in total. The Labute approximate surface area is 290 Å². The zero-order chi connectivity index (χ0) is 34.6. The molecule has 8 heteroatoms. The van der Waals surface area contributed by atoms with Crippen molar-refractivity contribution in [1.82, 2.24) is 9.80 Å². The molecular weight excluding hydrogens is 592 g/mol. The summed E-state index contributed by atoms with van der Waals surface area (Å²) in [5.41, 5.74) is 0. The molecule has 8 nitrogen and oxygen atoms in total. The van der Waals surface area contributed by atoms with Gasteiger partial charge in [-0.2, -0.15) is 0 Å². The Kier molecular flexibility index (Phi) is 34.4. The van der Waals surface area contributed by atoms with E-state index in [1.165, 1.54) is 103 Å². The summed E-state index contributed by atoms with van der Waals surface area (Å²) < 4.78 is 10.9. The van der Waals surface area contributed by atoms with E-state index in [1.54, 1.807) is 4.90 Å². The summed E-state index contributed by atoms with van der Waals surface area (Å²) in [5.74, 6) is -0.458. The van der Waals surface area contributed by atoms with E-state index in [-0.39, 0.29) is 37.7 Å². The van der Waals surface area contributed by atoms with Crippen LogP contribution >= 0.6 is 0 Å². The van der Waals surface area contributed by atoms with Gasteiger partial charge in [0.25, 0.3) is 0 Å². The molecule has 0 aromatic heterocycles. The minimum Gasteiger partial charge on any atom is -0.464 e. The van der Waals surface area contributed by atoms with Gasteiger partial charge in [-0.15, -0.1) is 0 Å². The highest BCUT2D eigenvalue weighted by Crippen LogP contribution is 2.13. The zero-order valence-electron chi connectivity index (χ0n) is 31.2. The van der Waals surface area contributed by atoms with E-state index in [2.05, 4.69) is 13.8 Å². The molecule has 0 bridgehead atoms. The lowest BCUT2D eigenvalue weighted by atomic mass is 10.1. The fourth-order valence-corrected chi connectivity index (χ4v) is 5.85. The predicted molar refractivity (Wildman–Crippen MR) is 194 cm³/mol. The lowest BCUT2D eigenvalue weighted by Crippen LogP contribution is -2.37. The van der Waals surface area contributed by atoms with Gasteiger partial charge < -0.3 is 24.4 Å². The summed E-state index contributed by atoms with van der Waals surface area (Å²) >= 11 is 0. The van der Waals surface area contributed by atoms with Crippen LogP contribution in [0.2, 0.25) is 0 Å². The number of aliphatic hydroxyl groups excluding tert-OH is 1. The number of hydrogen-bond acceptors (Lipinski definition) is 7. The van der Waals surface area contributed by atoms with Crippen molar-refractivity contribution in [3.05, 3.63) is 0 Å². The van der Waals surface area contributed by atoms with E-state index in [0.717, 1.165) is 38.5 Å². The third-order valence-electron chi connectivity index (χ3n) is 8.98. The summed E-state index contributed by atoms with van der Waals surface area (Å²) in [4.78, 5) is 41.2. The number of likely N-dealkylation sites (N-methyl/N-ethyl adjacent to an activating group) is 1. The summed E-state index contributed by atoms with van der Waals surface area (Å²) in [7, 11) is 1.92. The van der Waals surface area contributed by atoms with Crippen molar-refractivity contribution in [2.45, 2.75) is 181 Å². The average molecular weight is 669 g/mol. The van der Waals surface area contributed by atoms with Crippen LogP contribution in [0.4, 0.5) is 0 Å². The smallest absolute Gasteiger partial charge is 0.305 e. The predicted octanol–water partition coefficient (Wildman–Crippen LogP) is 9.01. The zero-order valence-corrected chi connectivity index (χ0v) is 31.2. The Hall–Kier alpha value is -1.67. The number of carbonyl (C=O) groups is 3. The van der Waals surface area contributed by atoms with E-state index >= 15 is 0 Å². The van der Waals surface area contributed by atoms with Crippen LogP contribution < -0.4 is 0 Å². The minimum absolute atomic E-state index is 0.0368. The first-order valence-corrected chi connectivity index (χ1v) is 19.8. The first-order chi connectivity index (χ1) is 22.9. The van der Waals surface area contributed by atoms with Crippen molar-refractivity contribution in [2.24, 2.45) is 0 Å². The Morgan fingerprint density at radius 3 is 1.19 bits per heavy atom. The van der Waals surface area contributed by atoms with Crippen molar-refractivity contribution in [3.63, 3.8) is 0 Å². The highest BCUT2D eigenvalue weighted by atomic mass is 16.5. The van der Waals surface area contributed by atoms with Crippen LogP contribution in [-0.2, 0) is 23.9 Å². The number of amides is 1. The molecule has 0 aliphatic heterocycles. The van der Waals surface area contributed by atoms with Gasteiger partial charge in [0, 0.05) is 25.8 Å². The lowest BCUT2D eigenvalue weighted by molar-refractivity contribution is -0.147. The second-order valence-corrected chi connectivity index (χ2v) is 13.5. The average Bonchev–Trinajstić information content (AvgIpc) is 3.05. The highest BCUT2D eigenvalue weighted by molar-refractivity contribution is 5.76. The van der Waals surface area contributed by atoms with Crippen LogP contribution in [0.1, 0.15) is 181 Å². The van der Waals surface area contributed by atoms with Crippen molar-refractivity contribution >= 4 is 17.8 Å². The summed E-state index contributed by atoms with van der Waals surface area (Å²) in [6.07, 6.45) is 29.0. The normalized spacial score (nSPS) is 11.3. The SMILES string of the molecule is CCCCCCCCCCCCCC(=O)OCCN(CCOC(=O)CCCCCCCCCCCCC)C(=O)CCCN(C)CCO. The van der Waals surface area contributed by atoms with E-state index in [4.69, 9.17) is 14.6 Å². The van der Waals surface area contributed by atoms with Gasteiger partial charge in [0.2, 0.25) is 5.91 Å². The van der Waals surface area contributed by atoms with Gasteiger partial charge >= 0.3 is 11.9 Å². The Morgan fingerprint density at radius 2 is 0.830 bits per heavy atom. The summed E-state index contributed by atoms with van der Waals surface area (Å²) in [5, 5.41) is 9.10. The Balaban J connectivity index is 4.23. The molecule has 0 aromatic rings.